The number of methoxy groups -OCH3 is 1. The topological polar surface area (TPSA) is 52.6 Å². The first-order valence-corrected chi connectivity index (χ1v) is 7.95. The Bertz CT molecular complexity index is 761. The number of fused-ring (bicyclic) bond motifs is 1. The Labute approximate surface area is 142 Å². The Hall–Kier alpha value is -2.62. The van der Waals surface area contributed by atoms with E-state index in [1.807, 2.05) is 18.2 Å². The molecule has 2 aromatic rings. The summed E-state index contributed by atoms with van der Waals surface area (Å²) in [4.78, 5) is 22.8. The third kappa shape index (κ3) is 4.69. The number of ether oxygens (including phenoxy) is 2. The fourth-order valence-electron chi connectivity index (χ4n) is 2.41. The van der Waals surface area contributed by atoms with Crippen molar-refractivity contribution in [3.8, 4) is 0 Å². The molecule has 4 heteroatoms. The first kappa shape index (κ1) is 17.7. The number of benzene rings is 2. The molecule has 0 radical (unpaired) electrons. The molecule has 0 spiro atoms. The first-order chi connectivity index (χ1) is 11.5. The molecule has 0 aliphatic heterocycles. The summed E-state index contributed by atoms with van der Waals surface area (Å²) >= 11 is 0. The normalized spacial score (nSPS) is 10.4. The van der Waals surface area contributed by atoms with E-state index in [2.05, 4.69) is 18.7 Å². The molecular formula is C20H22O4. The fourth-order valence-corrected chi connectivity index (χ4v) is 2.41. The van der Waals surface area contributed by atoms with E-state index < -0.39 is 0 Å². The van der Waals surface area contributed by atoms with Crippen LogP contribution in [0.15, 0.2) is 48.6 Å². The van der Waals surface area contributed by atoms with Crippen LogP contribution in [0.2, 0.25) is 0 Å². The zero-order chi connectivity index (χ0) is 17.5. The minimum Gasteiger partial charge on any atom is -0.465 e. The minimum atomic E-state index is -0.331. The molecule has 0 N–H and O–H groups in total. The molecule has 0 aliphatic carbocycles. The van der Waals surface area contributed by atoms with Crippen LogP contribution < -0.4 is 0 Å². The molecule has 0 unspecified atom stereocenters. The van der Waals surface area contributed by atoms with Gasteiger partial charge in [0.1, 0.15) is 0 Å². The Morgan fingerprint density at radius 3 is 2.46 bits per heavy atom. The number of unbranched alkanes of at least 4 members (excludes halogenated alkanes) is 1. The van der Waals surface area contributed by atoms with E-state index in [1.54, 1.807) is 13.0 Å². The number of hydrogen-bond acceptors (Lipinski definition) is 4. The van der Waals surface area contributed by atoms with Gasteiger partial charge in [0, 0.05) is 5.57 Å². The molecule has 0 aromatic heterocycles. The maximum Gasteiger partial charge on any atom is 0.337 e. The van der Waals surface area contributed by atoms with Crippen LogP contribution in [0.4, 0.5) is 0 Å². The summed E-state index contributed by atoms with van der Waals surface area (Å²) in [6.45, 7) is 5.61. The number of carbonyl (C=O) groups excluding carboxylic acids is 2. The Kier molecular flexibility index (Phi) is 6.13. The lowest BCUT2D eigenvalue weighted by molar-refractivity contribution is -0.139. The van der Waals surface area contributed by atoms with Gasteiger partial charge in [-0.15, -0.1) is 0 Å². The van der Waals surface area contributed by atoms with Crippen molar-refractivity contribution in [2.45, 2.75) is 26.2 Å². The number of carbonyl (C=O) groups is 2. The molecule has 0 bridgehead atoms. The van der Waals surface area contributed by atoms with Crippen LogP contribution in [0.3, 0.4) is 0 Å². The van der Waals surface area contributed by atoms with Gasteiger partial charge in [0.05, 0.1) is 19.3 Å². The summed E-state index contributed by atoms with van der Waals surface area (Å²) in [5.74, 6) is -0.660. The van der Waals surface area contributed by atoms with Gasteiger partial charge in [-0.3, -0.25) is 0 Å². The van der Waals surface area contributed by atoms with Crippen LogP contribution in [0, 0.1) is 0 Å². The molecule has 4 nitrogen and oxygen atoms in total. The molecule has 2 rings (SSSR count). The third-order valence-corrected chi connectivity index (χ3v) is 3.77. The predicted molar refractivity (Wildman–Crippen MR) is 94.0 cm³/mol. The van der Waals surface area contributed by atoms with Crippen LogP contribution in [0.25, 0.3) is 10.8 Å². The maximum absolute atomic E-state index is 11.6. The molecule has 0 saturated carbocycles. The van der Waals surface area contributed by atoms with Crippen molar-refractivity contribution in [3.05, 3.63) is 59.7 Å². The number of hydrogen-bond donors (Lipinski definition) is 0. The molecule has 0 atom stereocenters. The first-order valence-electron chi connectivity index (χ1n) is 7.95. The van der Waals surface area contributed by atoms with Crippen LogP contribution in [-0.4, -0.2) is 25.7 Å². The lowest BCUT2D eigenvalue weighted by Crippen LogP contribution is -2.06. The number of aryl methyl sites for hydroxylation is 1. The van der Waals surface area contributed by atoms with Gasteiger partial charge in [-0.2, -0.15) is 0 Å². The molecule has 0 saturated heterocycles. The summed E-state index contributed by atoms with van der Waals surface area (Å²) < 4.78 is 9.81. The smallest absolute Gasteiger partial charge is 0.337 e. The van der Waals surface area contributed by atoms with Crippen molar-refractivity contribution < 1.29 is 19.1 Å². The van der Waals surface area contributed by atoms with E-state index >= 15 is 0 Å². The fraction of sp³-hybridized carbons (Fsp3) is 0.300. The summed E-state index contributed by atoms with van der Waals surface area (Å²) in [6.07, 6.45) is 2.67. The van der Waals surface area contributed by atoms with Gasteiger partial charge >= 0.3 is 11.9 Å². The van der Waals surface area contributed by atoms with Gasteiger partial charge in [-0.05, 0) is 54.7 Å². The molecular weight excluding hydrogens is 304 g/mol. The zero-order valence-corrected chi connectivity index (χ0v) is 14.1. The van der Waals surface area contributed by atoms with Gasteiger partial charge in [-0.25, -0.2) is 9.59 Å². The maximum atomic E-state index is 11.6. The van der Waals surface area contributed by atoms with Crippen LogP contribution >= 0.6 is 0 Å². The van der Waals surface area contributed by atoms with Crippen molar-refractivity contribution in [2.24, 2.45) is 0 Å². The van der Waals surface area contributed by atoms with E-state index in [1.165, 1.54) is 12.7 Å². The molecule has 0 fully saturated rings. The molecule has 0 heterocycles. The highest BCUT2D eigenvalue weighted by Gasteiger charge is 2.06. The molecule has 2 aromatic carbocycles. The lowest BCUT2D eigenvalue weighted by Gasteiger charge is -2.07. The predicted octanol–water partition coefficient (Wildman–Crippen LogP) is 4.07. The van der Waals surface area contributed by atoms with Gasteiger partial charge in [0.2, 0.25) is 0 Å². The average Bonchev–Trinajstić information content (AvgIpc) is 2.59. The second-order valence-corrected chi connectivity index (χ2v) is 5.76. The zero-order valence-electron chi connectivity index (χ0n) is 14.1. The van der Waals surface area contributed by atoms with Crippen LogP contribution in [0.1, 0.15) is 35.7 Å². The highest BCUT2D eigenvalue weighted by Crippen LogP contribution is 2.19. The molecule has 24 heavy (non-hydrogen) atoms. The minimum absolute atomic E-state index is 0.328. The molecule has 0 aliphatic rings. The van der Waals surface area contributed by atoms with Crippen molar-refractivity contribution in [3.63, 3.8) is 0 Å². The molecule has 0 amide bonds. The van der Waals surface area contributed by atoms with Crippen molar-refractivity contribution >= 4 is 22.7 Å². The summed E-state index contributed by atoms with van der Waals surface area (Å²) in [6, 6.07) is 11.7. The number of esters is 2. The second-order valence-electron chi connectivity index (χ2n) is 5.76. The van der Waals surface area contributed by atoms with Crippen molar-refractivity contribution in [2.75, 3.05) is 13.7 Å². The second kappa shape index (κ2) is 8.29. The van der Waals surface area contributed by atoms with Crippen molar-refractivity contribution in [1.82, 2.24) is 0 Å². The monoisotopic (exact) mass is 326 g/mol. The largest absolute Gasteiger partial charge is 0.465 e. The van der Waals surface area contributed by atoms with Gasteiger partial charge in [0.25, 0.3) is 0 Å². The van der Waals surface area contributed by atoms with E-state index in [4.69, 9.17) is 9.47 Å². The quantitative estimate of drug-likeness (QED) is 0.437. The summed E-state index contributed by atoms with van der Waals surface area (Å²) in [5, 5.41) is 2.10. The van der Waals surface area contributed by atoms with Crippen LogP contribution in [0.5, 0.6) is 0 Å². The van der Waals surface area contributed by atoms with E-state index in [9.17, 15) is 9.59 Å². The van der Waals surface area contributed by atoms with Crippen LogP contribution in [-0.2, 0) is 20.7 Å². The summed E-state index contributed by atoms with van der Waals surface area (Å²) in [7, 11) is 1.38. The van der Waals surface area contributed by atoms with Crippen molar-refractivity contribution in [1.29, 1.82) is 0 Å². The Balaban J connectivity index is 1.90. The highest BCUT2D eigenvalue weighted by molar-refractivity contribution is 5.95. The third-order valence-electron chi connectivity index (χ3n) is 3.77. The van der Waals surface area contributed by atoms with E-state index in [0.29, 0.717) is 17.7 Å². The SMILES string of the molecule is C=C(C)C(=O)OCCCCc1ccc2cc(C(=O)OC)ccc2c1. The van der Waals surface area contributed by atoms with Gasteiger partial charge in [0.15, 0.2) is 0 Å². The lowest BCUT2D eigenvalue weighted by atomic mass is 10.0. The van der Waals surface area contributed by atoms with Gasteiger partial charge in [-0.1, -0.05) is 30.8 Å². The Morgan fingerprint density at radius 1 is 1.04 bits per heavy atom. The Morgan fingerprint density at radius 2 is 1.75 bits per heavy atom. The highest BCUT2D eigenvalue weighted by atomic mass is 16.5. The average molecular weight is 326 g/mol. The standard InChI is InChI=1S/C20H22O4/c1-14(2)19(21)24-11-5-4-6-15-7-8-17-13-18(20(22)23-3)10-9-16(17)12-15/h7-10,12-13H,1,4-6,11H2,2-3H3. The van der Waals surface area contributed by atoms with E-state index in [0.717, 1.165) is 30.0 Å². The molecule has 126 valence electrons. The number of rotatable bonds is 7. The van der Waals surface area contributed by atoms with E-state index in [-0.39, 0.29) is 11.9 Å². The summed E-state index contributed by atoms with van der Waals surface area (Å²) in [5.41, 5.74) is 2.20. The van der Waals surface area contributed by atoms with Gasteiger partial charge < -0.3 is 9.47 Å².